The second-order valence-electron chi connectivity index (χ2n) is 2.77. The molecule has 0 fully saturated rings. The van der Waals surface area contributed by atoms with Crippen LogP contribution in [0, 0.1) is 6.92 Å². The van der Waals surface area contributed by atoms with E-state index in [1.54, 1.807) is 0 Å². The van der Waals surface area contributed by atoms with Crippen molar-refractivity contribution in [3.05, 3.63) is 21.7 Å². The Kier molecular flexibility index (Phi) is 3.52. The molecular formula is C10H11BrO3. The first kappa shape index (κ1) is 11.0. The first-order valence-corrected chi connectivity index (χ1v) is 4.81. The summed E-state index contributed by atoms with van der Waals surface area (Å²) in [6.07, 6.45) is 0.767. The molecule has 1 aromatic rings. The Morgan fingerprint density at radius 3 is 2.29 bits per heavy atom. The van der Waals surface area contributed by atoms with Gasteiger partial charge in [0, 0.05) is 0 Å². The Hall–Kier alpha value is -1.03. The predicted molar refractivity (Wildman–Crippen MR) is 57.4 cm³/mol. The normalized spacial score (nSPS) is 9.71. The number of halogens is 1. The maximum absolute atomic E-state index is 10.8. The van der Waals surface area contributed by atoms with Crippen LogP contribution in [0.25, 0.3) is 0 Å². The summed E-state index contributed by atoms with van der Waals surface area (Å²) < 4.78 is 11.0. The lowest BCUT2D eigenvalue weighted by atomic mass is 10.1. The molecule has 0 aliphatic heterocycles. The molecule has 0 radical (unpaired) electrons. The number of hydrogen-bond donors (Lipinski definition) is 0. The lowest BCUT2D eigenvalue weighted by Gasteiger charge is -2.13. The van der Waals surface area contributed by atoms with Gasteiger partial charge >= 0.3 is 0 Å². The van der Waals surface area contributed by atoms with Gasteiger partial charge in [0.25, 0.3) is 0 Å². The number of benzene rings is 1. The van der Waals surface area contributed by atoms with Gasteiger partial charge in [-0.25, -0.2) is 0 Å². The number of rotatable bonds is 3. The summed E-state index contributed by atoms with van der Waals surface area (Å²) >= 11 is 3.34. The molecule has 1 rings (SSSR count). The van der Waals surface area contributed by atoms with E-state index in [0.29, 0.717) is 17.1 Å². The van der Waals surface area contributed by atoms with E-state index >= 15 is 0 Å². The number of hydrogen-bond acceptors (Lipinski definition) is 3. The Balaban J connectivity index is 3.50. The minimum Gasteiger partial charge on any atom is -0.492 e. The molecule has 0 aliphatic carbocycles. The van der Waals surface area contributed by atoms with Crippen LogP contribution in [0.5, 0.6) is 11.5 Å². The Morgan fingerprint density at radius 2 is 1.86 bits per heavy atom. The SMILES string of the molecule is COc1c(Br)cc(C)c(C=O)c1OC. The number of ether oxygens (including phenoxy) is 2. The van der Waals surface area contributed by atoms with Gasteiger partial charge in [0.05, 0.1) is 24.3 Å². The average Bonchev–Trinajstić information content (AvgIpc) is 2.16. The van der Waals surface area contributed by atoms with Gasteiger partial charge in [0.2, 0.25) is 0 Å². The van der Waals surface area contributed by atoms with Gasteiger partial charge in [-0.15, -0.1) is 0 Å². The molecule has 0 aliphatic rings. The second-order valence-corrected chi connectivity index (χ2v) is 3.63. The van der Waals surface area contributed by atoms with Crippen LogP contribution in [0.15, 0.2) is 10.5 Å². The van der Waals surface area contributed by atoms with Crippen LogP contribution in [0.1, 0.15) is 15.9 Å². The van der Waals surface area contributed by atoms with E-state index in [2.05, 4.69) is 15.9 Å². The Morgan fingerprint density at radius 1 is 1.29 bits per heavy atom. The molecule has 1 aromatic carbocycles. The molecular weight excluding hydrogens is 248 g/mol. The second kappa shape index (κ2) is 4.46. The standard InChI is InChI=1S/C10H11BrO3/c1-6-4-8(11)10(14-3)9(13-2)7(6)5-12/h4-5H,1-3H3. The predicted octanol–water partition coefficient (Wildman–Crippen LogP) is 2.59. The van der Waals surface area contributed by atoms with Crippen molar-refractivity contribution < 1.29 is 14.3 Å². The fourth-order valence-corrected chi connectivity index (χ4v) is 1.97. The van der Waals surface area contributed by atoms with Crippen LogP contribution in [-0.4, -0.2) is 20.5 Å². The Bertz CT molecular complexity index is 361. The zero-order valence-corrected chi connectivity index (χ0v) is 9.84. The minimum atomic E-state index is 0.467. The van der Waals surface area contributed by atoms with Crippen molar-refractivity contribution in [1.29, 1.82) is 0 Å². The highest BCUT2D eigenvalue weighted by molar-refractivity contribution is 9.10. The highest BCUT2D eigenvalue weighted by Crippen LogP contribution is 2.39. The number of methoxy groups -OCH3 is 2. The summed E-state index contributed by atoms with van der Waals surface area (Å²) in [6, 6.07) is 1.82. The minimum absolute atomic E-state index is 0.467. The summed E-state index contributed by atoms with van der Waals surface area (Å²) in [5.41, 5.74) is 1.37. The van der Waals surface area contributed by atoms with Crippen LogP contribution < -0.4 is 9.47 Å². The first-order valence-electron chi connectivity index (χ1n) is 4.02. The van der Waals surface area contributed by atoms with E-state index < -0.39 is 0 Å². The zero-order valence-electron chi connectivity index (χ0n) is 8.26. The van der Waals surface area contributed by atoms with Gasteiger partial charge in [-0.05, 0) is 34.5 Å². The van der Waals surface area contributed by atoms with E-state index in [-0.39, 0.29) is 0 Å². The average molecular weight is 259 g/mol. The highest BCUT2D eigenvalue weighted by Gasteiger charge is 2.15. The van der Waals surface area contributed by atoms with Gasteiger partial charge < -0.3 is 9.47 Å². The van der Waals surface area contributed by atoms with Crippen molar-refractivity contribution in [2.75, 3.05) is 14.2 Å². The first-order chi connectivity index (χ1) is 6.65. The molecule has 0 saturated heterocycles. The van der Waals surface area contributed by atoms with Crippen molar-refractivity contribution >= 4 is 22.2 Å². The maximum atomic E-state index is 10.8. The third kappa shape index (κ3) is 1.75. The molecule has 0 saturated carbocycles. The number of carbonyl (C=O) groups is 1. The lowest BCUT2D eigenvalue weighted by molar-refractivity contribution is 0.111. The molecule has 14 heavy (non-hydrogen) atoms. The smallest absolute Gasteiger partial charge is 0.175 e. The van der Waals surface area contributed by atoms with E-state index in [1.807, 2.05) is 13.0 Å². The van der Waals surface area contributed by atoms with E-state index in [4.69, 9.17) is 9.47 Å². The van der Waals surface area contributed by atoms with Crippen LogP contribution in [0.4, 0.5) is 0 Å². The van der Waals surface area contributed by atoms with E-state index in [9.17, 15) is 4.79 Å². The summed E-state index contributed by atoms with van der Waals surface area (Å²) in [6.45, 7) is 1.84. The number of carbonyl (C=O) groups excluding carboxylic acids is 1. The van der Waals surface area contributed by atoms with Gasteiger partial charge in [0.1, 0.15) is 0 Å². The molecule has 0 atom stereocenters. The van der Waals surface area contributed by atoms with Crippen molar-refractivity contribution in [3.8, 4) is 11.5 Å². The largest absolute Gasteiger partial charge is 0.492 e. The fraction of sp³-hybridized carbons (Fsp3) is 0.300. The van der Waals surface area contributed by atoms with Crippen LogP contribution in [0.3, 0.4) is 0 Å². The molecule has 0 heterocycles. The molecule has 0 N–H and O–H groups in total. The molecule has 0 aromatic heterocycles. The zero-order chi connectivity index (χ0) is 10.7. The van der Waals surface area contributed by atoms with Crippen molar-refractivity contribution in [1.82, 2.24) is 0 Å². The van der Waals surface area contributed by atoms with Gasteiger partial charge in [-0.3, -0.25) is 4.79 Å². The molecule has 0 amide bonds. The summed E-state index contributed by atoms with van der Waals surface area (Å²) in [4.78, 5) is 10.8. The Labute approximate surface area is 91.1 Å². The molecule has 3 nitrogen and oxygen atoms in total. The van der Waals surface area contributed by atoms with Crippen LogP contribution in [0.2, 0.25) is 0 Å². The third-order valence-electron chi connectivity index (χ3n) is 1.96. The van der Waals surface area contributed by atoms with E-state index in [0.717, 1.165) is 16.3 Å². The quantitative estimate of drug-likeness (QED) is 0.782. The molecule has 4 heteroatoms. The number of aldehydes is 1. The fourth-order valence-electron chi connectivity index (χ4n) is 1.28. The summed E-state index contributed by atoms with van der Waals surface area (Å²) in [5.74, 6) is 1.01. The molecule has 0 bridgehead atoms. The molecule has 0 spiro atoms. The van der Waals surface area contributed by atoms with Crippen molar-refractivity contribution in [3.63, 3.8) is 0 Å². The van der Waals surface area contributed by atoms with Gasteiger partial charge in [-0.2, -0.15) is 0 Å². The molecule has 76 valence electrons. The van der Waals surface area contributed by atoms with Crippen molar-refractivity contribution in [2.24, 2.45) is 0 Å². The molecule has 0 unspecified atom stereocenters. The van der Waals surface area contributed by atoms with Gasteiger partial charge in [0.15, 0.2) is 17.8 Å². The monoisotopic (exact) mass is 258 g/mol. The number of aryl methyl sites for hydroxylation is 1. The maximum Gasteiger partial charge on any atom is 0.175 e. The van der Waals surface area contributed by atoms with Crippen molar-refractivity contribution in [2.45, 2.75) is 6.92 Å². The third-order valence-corrected chi connectivity index (χ3v) is 2.55. The lowest BCUT2D eigenvalue weighted by Crippen LogP contribution is -1.98. The summed E-state index contributed by atoms with van der Waals surface area (Å²) in [7, 11) is 3.04. The topological polar surface area (TPSA) is 35.5 Å². The van der Waals surface area contributed by atoms with Crippen LogP contribution in [-0.2, 0) is 0 Å². The van der Waals surface area contributed by atoms with Crippen LogP contribution >= 0.6 is 15.9 Å². The summed E-state index contributed by atoms with van der Waals surface area (Å²) in [5, 5.41) is 0. The van der Waals surface area contributed by atoms with Gasteiger partial charge in [-0.1, -0.05) is 0 Å². The van der Waals surface area contributed by atoms with E-state index in [1.165, 1.54) is 14.2 Å². The highest BCUT2D eigenvalue weighted by atomic mass is 79.9.